The molecule has 0 aliphatic heterocycles. The molecule has 2 aromatic rings. The number of nitrogens with two attached hydrogens (primary N) is 1. The monoisotopic (exact) mass is 404 g/mol. The van der Waals surface area contributed by atoms with Crippen LogP contribution in [0.5, 0.6) is 0 Å². The first-order chi connectivity index (χ1) is 9.79. The average molecular weight is 406 g/mol. The lowest BCUT2D eigenvalue weighted by atomic mass is 10.2. The van der Waals surface area contributed by atoms with E-state index in [4.69, 9.17) is 29.6 Å². The molecule has 2 rings (SSSR count). The minimum absolute atomic E-state index is 0.0378. The number of anilines is 1. The Morgan fingerprint density at radius 2 is 1.95 bits per heavy atom. The summed E-state index contributed by atoms with van der Waals surface area (Å²) in [6, 6.07) is 11.1. The first kappa shape index (κ1) is 16.2. The highest BCUT2D eigenvalue weighted by molar-refractivity contribution is 9.10. The normalized spacial score (nSPS) is 11.1. The Balaban J connectivity index is 2.38. The summed E-state index contributed by atoms with van der Waals surface area (Å²) in [5, 5.41) is 0.0581. The zero-order valence-corrected chi connectivity index (χ0v) is 14.5. The Labute approximate surface area is 141 Å². The summed E-state index contributed by atoms with van der Waals surface area (Å²) < 4.78 is 27.9. The maximum atomic E-state index is 12.3. The van der Waals surface area contributed by atoms with E-state index < -0.39 is 10.0 Å². The van der Waals surface area contributed by atoms with Crippen LogP contribution in [0, 0.1) is 0 Å². The predicted octanol–water partition coefficient (Wildman–Crippen LogP) is 3.54. The summed E-state index contributed by atoms with van der Waals surface area (Å²) in [6.07, 6.45) is 0. The van der Waals surface area contributed by atoms with Crippen LogP contribution in [0.2, 0.25) is 5.02 Å². The van der Waals surface area contributed by atoms with Gasteiger partial charge in [0.2, 0.25) is 0 Å². The number of halogens is 2. The van der Waals surface area contributed by atoms with Crippen molar-refractivity contribution in [1.29, 1.82) is 0 Å². The van der Waals surface area contributed by atoms with Crippen molar-refractivity contribution < 1.29 is 8.42 Å². The van der Waals surface area contributed by atoms with Crippen LogP contribution < -0.4 is 10.5 Å². The predicted molar refractivity (Wildman–Crippen MR) is 92.3 cm³/mol. The van der Waals surface area contributed by atoms with Crippen molar-refractivity contribution in [2.24, 2.45) is 5.73 Å². The summed E-state index contributed by atoms with van der Waals surface area (Å²) in [5.41, 5.74) is 6.42. The molecule has 0 aliphatic carbocycles. The molecule has 4 nitrogen and oxygen atoms in total. The quantitative estimate of drug-likeness (QED) is 0.763. The third-order valence-electron chi connectivity index (χ3n) is 2.58. The van der Waals surface area contributed by atoms with Gasteiger partial charge in [-0.05, 0) is 30.3 Å². The van der Waals surface area contributed by atoms with Crippen LogP contribution >= 0.6 is 39.7 Å². The van der Waals surface area contributed by atoms with Crippen LogP contribution in [-0.4, -0.2) is 13.4 Å². The molecule has 0 saturated heterocycles. The van der Waals surface area contributed by atoms with E-state index in [1.807, 2.05) is 0 Å². The first-order valence-electron chi connectivity index (χ1n) is 5.67. The Hall–Kier alpha value is -1.15. The minimum Gasteiger partial charge on any atom is -0.389 e. The maximum absolute atomic E-state index is 12.3. The van der Waals surface area contributed by atoms with Gasteiger partial charge in [0, 0.05) is 15.7 Å². The van der Waals surface area contributed by atoms with Crippen LogP contribution in [0.25, 0.3) is 0 Å². The van der Waals surface area contributed by atoms with Gasteiger partial charge in [-0.1, -0.05) is 51.9 Å². The molecule has 3 N–H and O–H groups in total. The van der Waals surface area contributed by atoms with E-state index in [1.165, 1.54) is 18.2 Å². The molecule has 0 aliphatic rings. The van der Waals surface area contributed by atoms with E-state index >= 15 is 0 Å². The summed E-state index contributed by atoms with van der Waals surface area (Å²) >= 11 is 14.1. The number of thiocarbonyl (C=S) groups is 1. The molecule has 110 valence electrons. The van der Waals surface area contributed by atoms with Gasteiger partial charge in [-0.2, -0.15) is 0 Å². The summed E-state index contributed by atoms with van der Waals surface area (Å²) in [7, 11) is -3.79. The van der Waals surface area contributed by atoms with Gasteiger partial charge in [0.1, 0.15) is 9.88 Å². The SMILES string of the molecule is NC(=S)c1ccc(S(=O)(=O)Nc2cccc(Br)c2)c(Cl)c1. The molecular weight excluding hydrogens is 396 g/mol. The molecule has 0 aromatic heterocycles. The molecule has 8 heteroatoms. The van der Waals surface area contributed by atoms with Gasteiger partial charge < -0.3 is 5.73 Å². The fourth-order valence-corrected chi connectivity index (χ4v) is 3.76. The first-order valence-corrected chi connectivity index (χ1v) is 8.73. The van der Waals surface area contributed by atoms with Crippen LogP contribution in [0.4, 0.5) is 5.69 Å². The highest BCUT2D eigenvalue weighted by atomic mass is 79.9. The molecule has 0 saturated carbocycles. The van der Waals surface area contributed by atoms with E-state index in [1.54, 1.807) is 24.3 Å². The molecule has 0 spiro atoms. The Bertz CT molecular complexity index is 810. The zero-order valence-electron chi connectivity index (χ0n) is 10.5. The van der Waals surface area contributed by atoms with Gasteiger partial charge >= 0.3 is 0 Å². The molecule has 0 atom stereocenters. The van der Waals surface area contributed by atoms with Crippen molar-refractivity contribution in [1.82, 2.24) is 0 Å². The van der Waals surface area contributed by atoms with E-state index in [9.17, 15) is 8.42 Å². The minimum atomic E-state index is -3.79. The molecule has 0 amide bonds. The second kappa shape index (κ2) is 6.31. The van der Waals surface area contributed by atoms with E-state index in [0.717, 1.165) is 4.47 Å². The lowest BCUT2D eigenvalue weighted by Gasteiger charge is -2.10. The number of nitrogens with one attached hydrogen (secondary N) is 1. The Morgan fingerprint density at radius 3 is 2.52 bits per heavy atom. The molecular formula is C13H10BrClN2O2S2. The van der Waals surface area contributed by atoms with Crippen LogP contribution in [-0.2, 0) is 10.0 Å². The largest absolute Gasteiger partial charge is 0.389 e. The Kier molecular flexibility index (Phi) is 4.88. The number of sulfonamides is 1. The molecule has 0 heterocycles. The van der Waals surface area contributed by atoms with Crippen LogP contribution in [0.3, 0.4) is 0 Å². The fourth-order valence-electron chi connectivity index (χ4n) is 1.63. The van der Waals surface area contributed by atoms with Gasteiger partial charge in [-0.15, -0.1) is 0 Å². The van der Waals surface area contributed by atoms with Gasteiger partial charge in [0.25, 0.3) is 10.0 Å². The van der Waals surface area contributed by atoms with Crippen LogP contribution in [0.15, 0.2) is 51.8 Å². The number of rotatable bonds is 4. The standard InChI is InChI=1S/C13H10BrClN2O2S2/c14-9-2-1-3-10(7-9)17-21(18,19)12-5-4-8(13(16)20)6-11(12)15/h1-7,17H,(H2,16,20). The van der Waals surface area contributed by atoms with Gasteiger partial charge in [-0.25, -0.2) is 8.42 Å². The van der Waals surface area contributed by atoms with Crippen molar-refractivity contribution >= 4 is 60.4 Å². The molecule has 21 heavy (non-hydrogen) atoms. The Morgan fingerprint density at radius 1 is 1.24 bits per heavy atom. The van der Waals surface area contributed by atoms with Crippen molar-refractivity contribution in [2.75, 3.05) is 4.72 Å². The van der Waals surface area contributed by atoms with Crippen molar-refractivity contribution in [3.8, 4) is 0 Å². The summed E-state index contributed by atoms with van der Waals surface area (Å²) in [4.78, 5) is 0.116. The van der Waals surface area contributed by atoms with Crippen molar-refractivity contribution in [3.63, 3.8) is 0 Å². The molecule has 0 unspecified atom stereocenters. The second-order valence-electron chi connectivity index (χ2n) is 4.13. The number of hydrogen-bond acceptors (Lipinski definition) is 3. The van der Waals surface area contributed by atoms with Crippen molar-refractivity contribution in [2.45, 2.75) is 4.90 Å². The van der Waals surface area contributed by atoms with E-state index in [0.29, 0.717) is 11.3 Å². The molecule has 0 bridgehead atoms. The third kappa shape index (κ3) is 3.94. The van der Waals surface area contributed by atoms with Crippen LogP contribution in [0.1, 0.15) is 5.56 Å². The maximum Gasteiger partial charge on any atom is 0.263 e. The third-order valence-corrected chi connectivity index (χ3v) is 5.18. The summed E-state index contributed by atoms with van der Waals surface area (Å²) in [6.45, 7) is 0. The lowest BCUT2D eigenvalue weighted by molar-refractivity contribution is 0.601. The molecule has 0 radical (unpaired) electrons. The second-order valence-corrected chi connectivity index (χ2v) is 7.54. The number of hydrogen-bond donors (Lipinski definition) is 2. The highest BCUT2D eigenvalue weighted by Crippen LogP contribution is 2.26. The highest BCUT2D eigenvalue weighted by Gasteiger charge is 2.18. The van der Waals surface area contributed by atoms with Crippen molar-refractivity contribution in [3.05, 3.63) is 57.5 Å². The van der Waals surface area contributed by atoms with Gasteiger partial charge in [-0.3, -0.25) is 4.72 Å². The number of benzene rings is 2. The molecule has 2 aromatic carbocycles. The topological polar surface area (TPSA) is 72.2 Å². The summed E-state index contributed by atoms with van der Waals surface area (Å²) in [5.74, 6) is 0. The van der Waals surface area contributed by atoms with E-state index in [2.05, 4.69) is 20.7 Å². The van der Waals surface area contributed by atoms with E-state index in [-0.39, 0.29) is 14.9 Å². The van der Waals surface area contributed by atoms with Gasteiger partial charge in [0.15, 0.2) is 0 Å². The fraction of sp³-hybridized carbons (Fsp3) is 0. The van der Waals surface area contributed by atoms with Gasteiger partial charge in [0.05, 0.1) is 5.02 Å². The zero-order chi connectivity index (χ0) is 15.6. The average Bonchev–Trinajstić information content (AvgIpc) is 2.37. The molecule has 0 fully saturated rings. The lowest BCUT2D eigenvalue weighted by Crippen LogP contribution is -2.15. The smallest absolute Gasteiger partial charge is 0.263 e.